The molecule has 23 heavy (non-hydrogen) atoms. The smallest absolute Gasteiger partial charge is 0.338 e. The maximum Gasteiger partial charge on any atom is 0.338 e. The SMILES string of the molecule is O=C(O)c1cccc(C(=O)c2c[nH]c3c(Cl)cc(Cl)cc23)c1F. The summed E-state index contributed by atoms with van der Waals surface area (Å²) >= 11 is 12.0. The Bertz CT molecular complexity index is 965. The van der Waals surface area contributed by atoms with Crippen LogP contribution in [-0.4, -0.2) is 21.8 Å². The number of aromatic nitrogens is 1. The molecule has 7 heteroatoms. The van der Waals surface area contributed by atoms with Crippen molar-refractivity contribution in [3.8, 4) is 0 Å². The van der Waals surface area contributed by atoms with E-state index in [1.807, 2.05) is 0 Å². The molecule has 0 aliphatic rings. The average Bonchev–Trinajstić information content (AvgIpc) is 2.90. The summed E-state index contributed by atoms with van der Waals surface area (Å²) in [4.78, 5) is 26.4. The molecule has 1 aromatic heterocycles. The Labute approximate surface area is 139 Å². The fraction of sp³-hybridized carbons (Fsp3) is 0. The van der Waals surface area contributed by atoms with Gasteiger partial charge in [-0.2, -0.15) is 0 Å². The van der Waals surface area contributed by atoms with Gasteiger partial charge in [0.1, 0.15) is 5.82 Å². The van der Waals surface area contributed by atoms with Crippen molar-refractivity contribution in [2.75, 3.05) is 0 Å². The Morgan fingerprint density at radius 3 is 2.48 bits per heavy atom. The van der Waals surface area contributed by atoms with E-state index in [4.69, 9.17) is 28.3 Å². The number of aromatic amines is 1. The lowest BCUT2D eigenvalue weighted by Crippen LogP contribution is -2.09. The van der Waals surface area contributed by atoms with Gasteiger partial charge in [0.2, 0.25) is 0 Å². The Morgan fingerprint density at radius 1 is 1.09 bits per heavy atom. The molecule has 0 spiro atoms. The summed E-state index contributed by atoms with van der Waals surface area (Å²) < 4.78 is 14.3. The number of carbonyl (C=O) groups excluding carboxylic acids is 1. The lowest BCUT2D eigenvalue weighted by molar-refractivity contribution is 0.0692. The van der Waals surface area contributed by atoms with E-state index in [0.29, 0.717) is 20.9 Å². The molecule has 116 valence electrons. The summed E-state index contributed by atoms with van der Waals surface area (Å²) in [6, 6.07) is 6.69. The molecule has 3 aromatic rings. The van der Waals surface area contributed by atoms with Crippen molar-refractivity contribution in [3.05, 3.63) is 69.1 Å². The van der Waals surface area contributed by atoms with Crippen molar-refractivity contribution < 1.29 is 19.1 Å². The molecule has 1 heterocycles. The number of carboxylic acid groups (broad SMARTS) is 1. The van der Waals surface area contributed by atoms with Crippen LogP contribution in [0.3, 0.4) is 0 Å². The van der Waals surface area contributed by atoms with E-state index in [1.165, 1.54) is 30.5 Å². The van der Waals surface area contributed by atoms with E-state index in [9.17, 15) is 14.0 Å². The van der Waals surface area contributed by atoms with Crippen molar-refractivity contribution in [2.24, 2.45) is 0 Å². The molecule has 0 atom stereocenters. The number of hydrogen-bond donors (Lipinski definition) is 2. The number of rotatable bonds is 3. The minimum Gasteiger partial charge on any atom is -0.478 e. The average molecular weight is 352 g/mol. The zero-order valence-corrected chi connectivity index (χ0v) is 12.9. The fourth-order valence-corrected chi connectivity index (χ4v) is 2.91. The number of halogens is 3. The van der Waals surface area contributed by atoms with Crippen molar-refractivity contribution in [3.63, 3.8) is 0 Å². The minimum absolute atomic E-state index is 0.158. The molecule has 0 bridgehead atoms. The molecule has 0 amide bonds. The number of hydrogen-bond acceptors (Lipinski definition) is 2. The first-order valence-corrected chi connectivity index (χ1v) is 7.18. The minimum atomic E-state index is -1.44. The van der Waals surface area contributed by atoms with Gasteiger partial charge >= 0.3 is 5.97 Å². The third-order valence-corrected chi connectivity index (χ3v) is 3.94. The highest BCUT2D eigenvalue weighted by molar-refractivity contribution is 6.39. The lowest BCUT2D eigenvalue weighted by Gasteiger charge is -2.05. The number of aromatic carboxylic acids is 1. The number of carbonyl (C=O) groups is 2. The first-order valence-electron chi connectivity index (χ1n) is 6.42. The van der Waals surface area contributed by atoms with Crippen molar-refractivity contribution in [2.45, 2.75) is 0 Å². The summed E-state index contributed by atoms with van der Waals surface area (Å²) in [6.45, 7) is 0. The highest BCUT2D eigenvalue weighted by Crippen LogP contribution is 2.31. The summed E-state index contributed by atoms with van der Waals surface area (Å²) in [5.74, 6) is -3.18. The molecule has 0 radical (unpaired) electrons. The topological polar surface area (TPSA) is 70.2 Å². The van der Waals surface area contributed by atoms with Crippen LogP contribution in [0.2, 0.25) is 10.0 Å². The van der Waals surface area contributed by atoms with Gasteiger partial charge in [-0.05, 0) is 24.3 Å². The number of H-pyrrole nitrogens is 1. The number of nitrogens with one attached hydrogen (secondary N) is 1. The number of benzene rings is 2. The molecule has 3 rings (SSSR count). The van der Waals surface area contributed by atoms with Crippen molar-refractivity contribution in [1.29, 1.82) is 0 Å². The van der Waals surface area contributed by atoms with Gasteiger partial charge in [0.15, 0.2) is 5.78 Å². The van der Waals surface area contributed by atoms with Gasteiger partial charge in [0.25, 0.3) is 0 Å². The van der Waals surface area contributed by atoms with E-state index >= 15 is 0 Å². The van der Waals surface area contributed by atoms with Gasteiger partial charge in [-0.25, -0.2) is 9.18 Å². The second-order valence-corrected chi connectivity index (χ2v) is 5.66. The van der Waals surface area contributed by atoms with Crippen LogP contribution in [0, 0.1) is 5.82 Å². The Hall–Kier alpha value is -2.37. The highest BCUT2D eigenvalue weighted by atomic mass is 35.5. The maximum absolute atomic E-state index is 14.3. The van der Waals surface area contributed by atoms with E-state index in [0.717, 1.165) is 6.07 Å². The van der Waals surface area contributed by atoms with Crippen LogP contribution >= 0.6 is 23.2 Å². The van der Waals surface area contributed by atoms with Gasteiger partial charge in [0.05, 0.1) is 21.7 Å². The molecular formula is C16H8Cl2FNO3. The van der Waals surface area contributed by atoms with Crippen LogP contribution in [-0.2, 0) is 0 Å². The van der Waals surface area contributed by atoms with Crippen molar-refractivity contribution >= 4 is 45.9 Å². The van der Waals surface area contributed by atoms with Crippen LogP contribution in [0.1, 0.15) is 26.3 Å². The molecule has 0 unspecified atom stereocenters. The molecule has 0 saturated heterocycles. The normalized spacial score (nSPS) is 10.9. The number of carboxylic acids is 1. The van der Waals surface area contributed by atoms with Gasteiger partial charge in [0, 0.05) is 22.2 Å². The zero-order valence-electron chi connectivity index (χ0n) is 11.4. The molecular weight excluding hydrogens is 344 g/mol. The largest absolute Gasteiger partial charge is 0.478 e. The second-order valence-electron chi connectivity index (χ2n) is 4.81. The highest BCUT2D eigenvalue weighted by Gasteiger charge is 2.22. The molecule has 0 fully saturated rings. The maximum atomic E-state index is 14.3. The standard InChI is InChI=1S/C16H8Cl2FNO3/c17-7-4-10-11(6-20-14(10)12(18)5-7)15(21)8-2-1-3-9(13(8)19)16(22)23/h1-6,20H,(H,22,23). The third kappa shape index (κ3) is 2.58. The van der Waals surface area contributed by atoms with E-state index < -0.39 is 23.1 Å². The molecule has 0 saturated carbocycles. The summed E-state index contributed by atoms with van der Waals surface area (Å²) in [5, 5.41) is 10.0. The predicted molar refractivity (Wildman–Crippen MR) is 85.1 cm³/mol. The first kappa shape index (κ1) is 15.5. The van der Waals surface area contributed by atoms with Gasteiger partial charge < -0.3 is 10.1 Å². The Balaban J connectivity index is 2.19. The van der Waals surface area contributed by atoms with Crippen LogP contribution in [0.4, 0.5) is 4.39 Å². The third-order valence-electron chi connectivity index (χ3n) is 3.42. The van der Waals surface area contributed by atoms with Gasteiger partial charge in [-0.15, -0.1) is 0 Å². The Kier molecular flexibility index (Phi) is 3.83. The summed E-state index contributed by atoms with van der Waals surface area (Å²) in [7, 11) is 0. The van der Waals surface area contributed by atoms with Gasteiger partial charge in [-0.1, -0.05) is 29.3 Å². The molecule has 4 nitrogen and oxygen atoms in total. The van der Waals surface area contributed by atoms with E-state index in [1.54, 1.807) is 0 Å². The lowest BCUT2D eigenvalue weighted by atomic mass is 10.00. The summed E-state index contributed by atoms with van der Waals surface area (Å²) in [5.41, 5.74) is -0.242. The fourth-order valence-electron chi connectivity index (χ4n) is 2.36. The van der Waals surface area contributed by atoms with Crippen LogP contribution < -0.4 is 0 Å². The number of ketones is 1. The zero-order chi connectivity index (χ0) is 16.7. The van der Waals surface area contributed by atoms with Crippen LogP contribution in [0.5, 0.6) is 0 Å². The second kappa shape index (κ2) is 5.68. The van der Waals surface area contributed by atoms with Crippen molar-refractivity contribution in [1.82, 2.24) is 4.98 Å². The van der Waals surface area contributed by atoms with Crippen LogP contribution in [0.25, 0.3) is 10.9 Å². The van der Waals surface area contributed by atoms with Crippen LogP contribution in [0.15, 0.2) is 36.5 Å². The number of fused-ring (bicyclic) bond motifs is 1. The van der Waals surface area contributed by atoms with E-state index in [-0.39, 0.29) is 11.1 Å². The Morgan fingerprint density at radius 2 is 1.78 bits per heavy atom. The molecule has 0 aliphatic heterocycles. The quantitative estimate of drug-likeness (QED) is 0.680. The predicted octanol–water partition coefficient (Wildman–Crippen LogP) is 4.54. The monoisotopic (exact) mass is 351 g/mol. The molecule has 0 aliphatic carbocycles. The summed E-state index contributed by atoms with van der Waals surface area (Å²) in [6.07, 6.45) is 1.39. The van der Waals surface area contributed by atoms with Gasteiger partial charge in [-0.3, -0.25) is 4.79 Å². The first-order chi connectivity index (χ1) is 10.9. The molecule has 2 N–H and O–H groups in total. The molecule has 2 aromatic carbocycles. The van der Waals surface area contributed by atoms with E-state index in [2.05, 4.69) is 4.98 Å².